The molecule has 1 aliphatic heterocycles. The van der Waals surface area contributed by atoms with Crippen LogP contribution < -0.4 is 10.0 Å². The van der Waals surface area contributed by atoms with Crippen molar-refractivity contribution in [1.29, 1.82) is 0 Å². The van der Waals surface area contributed by atoms with Crippen LogP contribution in [0.1, 0.15) is 12.8 Å². The van der Waals surface area contributed by atoms with Gasteiger partial charge in [0.25, 0.3) is 0 Å². The van der Waals surface area contributed by atoms with Gasteiger partial charge in [-0.2, -0.15) is 0 Å². The zero-order valence-corrected chi connectivity index (χ0v) is 13.2. The molecule has 1 aromatic rings. The number of benzene rings is 1. The van der Waals surface area contributed by atoms with E-state index in [4.69, 9.17) is 0 Å². The van der Waals surface area contributed by atoms with E-state index in [2.05, 4.69) is 26.0 Å². The van der Waals surface area contributed by atoms with E-state index in [1.165, 1.54) is 6.07 Å². The van der Waals surface area contributed by atoms with Crippen LogP contribution in [0.2, 0.25) is 0 Å². The highest BCUT2D eigenvalue weighted by molar-refractivity contribution is 9.10. The van der Waals surface area contributed by atoms with Crippen LogP contribution >= 0.6 is 28.3 Å². The van der Waals surface area contributed by atoms with Crippen molar-refractivity contribution in [2.75, 3.05) is 13.1 Å². The van der Waals surface area contributed by atoms with E-state index in [0.29, 0.717) is 6.54 Å². The lowest BCUT2D eigenvalue weighted by atomic mass is 10.1. The van der Waals surface area contributed by atoms with Crippen molar-refractivity contribution in [3.8, 4) is 0 Å². The molecular weight excluding hydrogens is 359 g/mol. The van der Waals surface area contributed by atoms with Crippen LogP contribution in [-0.4, -0.2) is 27.5 Å². The van der Waals surface area contributed by atoms with Gasteiger partial charge in [-0.1, -0.05) is 0 Å². The Labute approximate surface area is 126 Å². The van der Waals surface area contributed by atoms with Crippen LogP contribution in [0, 0.1) is 5.82 Å². The normalized spacial score (nSPS) is 19.8. The van der Waals surface area contributed by atoms with E-state index >= 15 is 0 Å². The second-order valence-corrected chi connectivity index (χ2v) is 6.78. The molecule has 0 aromatic heterocycles. The van der Waals surface area contributed by atoms with Crippen LogP contribution in [0.15, 0.2) is 27.6 Å². The van der Waals surface area contributed by atoms with Crippen LogP contribution in [0.25, 0.3) is 0 Å². The van der Waals surface area contributed by atoms with E-state index < -0.39 is 15.8 Å². The molecule has 1 heterocycles. The monoisotopic (exact) mass is 372 g/mol. The number of rotatable bonds is 3. The van der Waals surface area contributed by atoms with Gasteiger partial charge in [-0.25, -0.2) is 17.5 Å². The van der Waals surface area contributed by atoms with Crippen molar-refractivity contribution in [3.63, 3.8) is 0 Å². The van der Waals surface area contributed by atoms with Crippen LogP contribution in [0.4, 0.5) is 4.39 Å². The minimum absolute atomic E-state index is 0. The zero-order valence-electron chi connectivity index (χ0n) is 10.0. The van der Waals surface area contributed by atoms with Gasteiger partial charge in [-0.05, 0) is 53.5 Å². The Balaban J connectivity index is 0.00000180. The van der Waals surface area contributed by atoms with E-state index in [0.717, 1.165) is 31.5 Å². The molecule has 2 N–H and O–H groups in total. The van der Waals surface area contributed by atoms with Crippen LogP contribution in [0.3, 0.4) is 0 Å². The lowest BCUT2D eigenvalue weighted by Gasteiger charge is -2.23. The summed E-state index contributed by atoms with van der Waals surface area (Å²) in [5.41, 5.74) is 0. The molecule has 0 saturated carbocycles. The molecule has 1 aromatic carbocycles. The number of halogens is 3. The van der Waals surface area contributed by atoms with Crippen LogP contribution in [0.5, 0.6) is 0 Å². The predicted octanol–water partition coefficient (Wildman–Crippen LogP) is 2.04. The summed E-state index contributed by atoms with van der Waals surface area (Å²) >= 11 is 3.07. The van der Waals surface area contributed by atoms with Crippen molar-refractivity contribution in [2.24, 2.45) is 0 Å². The average Bonchev–Trinajstić information content (AvgIpc) is 2.29. The standard InChI is InChI=1S/C11H14BrFN2O2S.ClH/c12-10-6-8(13)3-4-11(10)18(16,17)15-9-2-1-5-14-7-9;/h3-4,6,9,14-15H,1-2,5,7H2;1H. The maximum atomic E-state index is 12.9. The van der Waals surface area contributed by atoms with Crippen molar-refractivity contribution in [2.45, 2.75) is 23.8 Å². The number of sulfonamides is 1. The minimum atomic E-state index is -3.61. The first kappa shape index (κ1) is 16.8. The molecule has 19 heavy (non-hydrogen) atoms. The molecule has 1 unspecified atom stereocenters. The van der Waals surface area contributed by atoms with Gasteiger partial charge in [0.1, 0.15) is 5.82 Å². The first-order chi connectivity index (χ1) is 8.49. The Kier molecular flexibility index (Phi) is 6.19. The average molecular weight is 374 g/mol. The third-order valence-corrected chi connectivity index (χ3v) is 5.30. The van der Waals surface area contributed by atoms with Gasteiger partial charge in [0.05, 0.1) is 4.90 Å². The fourth-order valence-corrected chi connectivity index (χ4v) is 4.25. The fraction of sp³-hybridized carbons (Fsp3) is 0.455. The van der Waals surface area contributed by atoms with Gasteiger partial charge in [0.2, 0.25) is 10.0 Å². The molecule has 1 aliphatic rings. The van der Waals surface area contributed by atoms with Crippen molar-refractivity contribution >= 4 is 38.4 Å². The molecule has 0 amide bonds. The Morgan fingerprint density at radius 2 is 2.16 bits per heavy atom. The molecular formula is C11H15BrClFN2O2S. The Hall–Kier alpha value is -0.210. The number of nitrogens with one attached hydrogen (secondary N) is 2. The lowest BCUT2D eigenvalue weighted by Crippen LogP contribution is -2.45. The summed E-state index contributed by atoms with van der Waals surface area (Å²) in [5.74, 6) is -0.472. The van der Waals surface area contributed by atoms with Crippen LogP contribution in [-0.2, 0) is 10.0 Å². The molecule has 0 radical (unpaired) electrons. The molecule has 4 nitrogen and oxygen atoms in total. The molecule has 1 atom stereocenters. The summed E-state index contributed by atoms with van der Waals surface area (Å²) in [6.45, 7) is 1.54. The number of hydrogen-bond donors (Lipinski definition) is 2. The lowest BCUT2D eigenvalue weighted by molar-refractivity contribution is 0.428. The summed E-state index contributed by atoms with van der Waals surface area (Å²) in [6, 6.07) is 3.44. The maximum absolute atomic E-state index is 12.9. The molecule has 1 saturated heterocycles. The van der Waals surface area contributed by atoms with Gasteiger partial charge in [-0.15, -0.1) is 12.4 Å². The van der Waals surface area contributed by atoms with E-state index in [-0.39, 0.29) is 27.8 Å². The first-order valence-corrected chi connectivity index (χ1v) is 7.95. The summed E-state index contributed by atoms with van der Waals surface area (Å²) in [5, 5.41) is 3.13. The minimum Gasteiger partial charge on any atom is -0.315 e. The SMILES string of the molecule is Cl.O=S(=O)(NC1CCCNC1)c1ccc(F)cc1Br. The molecule has 0 bridgehead atoms. The summed E-state index contributed by atoms with van der Waals surface area (Å²) in [6.07, 6.45) is 1.75. The second kappa shape index (κ2) is 6.99. The Morgan fingerprint density at radius 3 is 2.74 bits per heavy atom. The third-order valence-electron chi connectivity index (χ3n) is 2.80. The van der Waals surface area contributed by atoms with Crippen molar-refractivity contribution in [3.05, 3.63) is 28.5 Å². The topological polar surface area (TPSA) is 58.2 Å². The van der Waals surface area contributed by atoms with Crippen molar-refractivity contribution < 1.29 is 12.8 Å². The largest absolute Gasteiger partial charge is 0.315 e. The van der Waals surface area contributed by atoms with Gasteiger partial charge >= 0.3 is 0 Å². The fourth-order valence-electron chi connectivity index (χ4n) is 1.93. The molecule has 8 heteroatoms. The van der Waals surface area contributed by atoms with Gasteiger partial charge < -0.3 is 5.32 Å². The molecule has 108 valence electrons. The van der Waals surface area contributed by atoms with Gasteiger partial charge in [0.15, 0.2) is 0 Å². The maximum Gasteiger partial charge on any atom is 0.241 e. The number of piperidine rings is 1. The Morgan fingerprint density at radius 1 is 1.42 bits per heavy atom. The summed E-state index contributed by atoms with van der Waals surface area (Å²) < 4.78 is 40.1. The van der Waals surface area contributed by atoms with E-state index in [1.807, 2.05) is 0 Å². The first-order valence-electron chi connectivity index (χ1n) is 5.67. The third kappa shape index (κ3) is 4.39. The smallest absolute Gasteiger partial charge is 0.241 e. The van der Waals surface area contributed by atoms with E-state index in [9.17, 15) is 12.8 Å². The second-order valence-electron chi connectivity index (χ2n) is 4.24. The Bertz CT molecular complexity index is 535. The zero-order chi connectivity index (χ0) is 13.2. The van der Waals surface area contributed by atoms with Crippen molar-refractivity contribution in [1.82, 2.24) is 10.0 Å². The van der Waals surface area contributed by atoms with E-state index in [1.54, 1.807) is 0 Å². The highest BCUT2D eigenvalue weighted by Crippen LogP contribution is 2.23. The number of hydrogen-bond acceptors (Lipinski definition) is 3. The molecule has 0 aliphatic carbocycles. The highest BCUT2D eigenvalue weighted by Gasteiger charge is 2.23. The quantitative estimate of drug-likeness (QED) is 0.852. The highest BCUT2D eigenvalue weighted by atomic mass is 79.9. The summed E-state index contributed by atoms with van der Waals surface area (Å²) in [4.78, 5) is 0.0643. The van der Waals surface area contributed by atoms with Gasteiger partial charge in [0, 0.05) is 17.1 Å². The van der Waals surface area contributed by atoms with Gasteiger partial charge in [-0.3, -0.25) is 0 Å². The predicted molar refractivity (Wildman–Crippen MR) is 77.6 cm³/mol. The summed E-state index contributed by atoms with van der Waals surface area (Å²) in [7, 11) is -3.61. The molecule has 0 spiro atoms. The molecule has 1 fully saturated rings. The molecule has 2 rings (SSSR count).